The van der Waals surface area contributed by atoms with E-state index >= 15 is 9.59 Å². The van der Waals surface area contributed by atoms with Gasteiger partial charge in [0, 0.05) is 39.1 Å². The zero-order chi connectivity index (χ0) is 80.3. The summed E-state index contributed by atoms with van der Waals surface area (Å²) in [6, 6.07) is 23.2. The van der Waals surface area contributed by atoms with Gasteiger partial charge in [-0.15, -0.1) is 0 Å². The van der Waals surface area contributed by atoms with E-state index in [1.807, 2.05) is 149 Å². The molecule has 110 heavy (non-hydrogen) atoms. The predicted molar refractivity (Wildman–Crippen MR) is 422 cm³/mol. The lowest BCUT2D eigenvalue weighted by Crippen LogP contribution is -2.62. The first-order valence-corrected chi connectivity index (χ1v) is 39.1. The molecule has 0 aromatic heterocycles. The maximum atomic E-state index is 15.2. The summed E-state index contributed by atoms with van der Waals surface area (Å²) in [5, 5.41) is 65.6. The minimum atomic E-state index is -1.71. The number of carbonyl (C=O) groups is 11. The Bertz CT molecular complexity index is 3450. The SMILES string of the molecule is CCC(C)CCCCC(=O)N[C@@H](CCNCc1ccccc1)C(=O)N[C@H](C(=O)N[C@@H](CCN)C(=O)N[C@H]1CCNC(=O)[C@H]([C@@H](C)O)NC(=O)[C@H](CCNCc2ccccc2)NC(=O)[C@H](CCNCc2ccccc2)NC(=O)[C@H](CC(C)C)NC(=O)[C@@H](CC(C)C)NC(=O)[C@H](CCNCc2ccccc2)NC1=O)[C@@H](C)O. The van der Waals surface area contributed by atoms with E-state index < -0.39 is 145 Å². The van der Waals surface area contributed by atoms with Gasteiger partial charge in [0.05, 0.1) is 12.2 Å². The number of benzene rings is 4. The Morgan fingerprint density at radius 1 is 0.455 bits per heavy atom. The molecule has 13 atom stereocenters. The summed E-state index contributed by atoms with van der Waals surface area (Å²) in [6.07, 6.45) is -0.382. The molecule has 1 aliphatic rings. The van der Waals surface area contributed by atoms with Gasteiger partial charge in [0.2, 0.25) is 65.0 Å². The standard InChI is InChI=1S/C81H124N16O13/c1-9-54(6)24-22-23-33-69(100)88-62(35-41-83-48-57-25-14-10-15-26-57)76(105)97-71(56(8)99)81(110)93-61(34-40-82)72(101)91-66-39-45-87-80(109)70(55(7)98)96-77(106)65(38-44-86-51-60-31-20-13-21-32-60)90-73(102)63(36-42-84-49-58-27-16-11-17-28-58)92-78(107)67(46-52(2)3)95-79(108)68(47-53(4)5)94-75(104)64(89-74(66)103)37-43-85-50-59-29-18-12-19-30-59/h10-21,25-32,52-56,61-68,70-71,83-86,98-99H,9,22-24,33-51,82H2,1-8H3,(H,87,109)(H,88,100)(H,89,103)(H,90,102)(H,91,101)(H,92,107)(H,93,110)(H,94,104)(H,95,108)(H,96,106)(H,97,105)/t54?,55-,56-,61+,62+,63+,64+,65+,66+,67+,68-,70+,71+/m1/s1. The molecule has 5 rings (SSSR count). The molecule has 29 heteroatoms. The Balaban J connectivity index is 1.52. The third-order valence-corrected chi connectivity index (χ3v) is 19.0. The number of nitrogens with one attached hydrogen (secondary N) is 15. The van der Waals surface area contributed by atoms with Crippen LogP contribution in [-0.4, -0.2) is 187 Å². The van der Waals surface area contributed by atoms with E-state index in [-0.39, 0.29) is 102 Å². The molecule has 0 bridgehead atoms. The van der Waals surface area contributed by atoms with Gasteiger partial charge in [-0.05, 0) is 144 Å². The monoisotopic (exact) mass is 1530 g/mol. The van der Waals surface area contributed by atoms with Crippen LogP contribution in [0.2, 0.25) is 0 Å². The maximum Gasteiger partial charge on any atom is 0.245 e. The largest absolute Gasteiger partial charge is 0.391 e. The van der Waals surface area contributed by atoms with Crippen LogP contribution in [0, 0.1) is 17.8 Å². The quantitative estimate of drug-likeness (QED) is 0.0282. The topological polar surface area (TPSA) is 435 Å². The molecule has 4 aromatic rings. The van der Waals surface area contributed by atoms with E-state index in [1.54, 1.807) is 0 Å². The Kier molecular flexibility index (Phi) is 42.0. The Morgan fingerprint density at radius 3 is 1.26 bits per heavy atom. The maximum absolute atomic E-state index is 15.2. The molecule has 1 aliphatic heterocycles. The second kappa shape index (κ2) is 50.5. The van der Waals surface area contributed by atoms with Crippen LogP contribution in [0.25, 0.3) is 0 Å². The van der Waals surface area contributed by atoms with Crippen molar-refractivity contribution in [1.29, 1.82) is 0 Å². The average Bonchev–Trinajstić information content (AvgIpc) is 0.911. The highest BCUT2D eigenvalue weighted by atomic mass is 16.3. The second-order valence-electron chi connectivity index (χ2n) is 29.5. The molecule has 11 amide bonds. The van der Waals surface area contributed by atoms with Crippen molar-refractivity contribution in [2.45, 2.75) is 238 Å². The number of carbonyl (C=O) groups excluding carboxylic acids is 11. The van der Waals surface area contributed by atoms with Gasteiger partial charge in [-0.25, -0.2) is 0 Å². The number of amides is 11. The number of nitrogens with two attached hydrogens (primary N) is 1. The number of aliphatic hydroxyl groups is 2. The molecule has 4 aromatic carbocycles. The molecule has 0 aliphatic carbocycles. The van der Waals surface area contributed by atoms with Crippen LogP contribution in [-0.2, 0) is 78.9 Å². The van der Waals surface area contributed by atoms with Gasteiger partial charge in [0.1, 0.15) is 60.4 Å². The Labute approximate surface area is 648 Å². The number of hydrogen-bond acceptors (Lipinski definition) is 18. The summed E-state index contributed by atoms with van der Waals surface area (Å²) < 4.78 is 0. The number of unbranched alkanes of at least 4 members (excludes halogenated alkanes) is 1. The minimum absolute atomic E-state index is 0.00420. The summed E-state index contributed by atoms with van der Waals surface area (Å²) in [5.41, 5.74) is 9.86. The van der Waals surface area contributed by atoms with Gasteiger partial charge in [0.25, 0.3) is 0 Å². The molecule has 0 spiro atoms. The third-order valence-electron chi connectivity index (χ3n) is 19.0. The molecular formula is C81H124N16O13. The van der Waals surface area contributed by atoms with Gasteiger partial charge in [-0.1, -0.05) is 182 Å². The first-order chi connectivity index (χ1) is 52.7. The minimum Gasteiger partial charge on any atom is -0.391 e. The summed E-state index contributed by atoms with van der Waals surface area (Å²) in [5.74, 6) is -9.10. The predicted octanol–water partition coefficient (Wildman–Crippen LogP) is 1.88. The molecule has 0 saturated carbocycles. The van der Waals surface area contributed by atoms with Crippen LogP contribution in [0.5, 0.6) is 0 Å². The van der Waals surface area contributed by atoms with Gasteiger partial charge < -0.3 is 95.7 Å². The number of aliphatic hydroxyl groups excluding tert-OH is 2. The summed E-state index contributed by atoms with van der Waals surface area (Å²) in [7, 11) is 0. The number of hydrogen-bond donors (Lipinski definition) is 18. The second-order valence-corrected chi connectivity index (χ2v) is 29.5. The van der Waals surface area contributed by atoms with Crippen LogP contribution in [0.3, 0.4) is 0 Å². The van der Waals surface area contributed by atoms with E-state index in [9.17, 15) is 53.4 Å². The number of rotatable bonds is 41. The Morgan fingerprint density at radius 2 is 0.855 bits per heavy atom. The van der Waals surface area contributed by atoms with E-state index in [0.29, 0.717) is 38.5 Å². The fraction of sp³-hybridized carbons (Fsp3) is 0.568. The highest BCUT2D eigenvalue weighted by molar-refractivity contribution is 5.99. The van der Waals surface area contributed by atoms with Crippen molar-refractivity contribution in [2.24, 2.45) is 23.5 Å². The first-order valence-electron chi connectivity index (χ1n) is 39.1. The summed E-state index contributed by atoms with van der Waals surface area (Å²) >= 11 is 0. The normalized spacial score (nSPS) is 20.3. The summed E-state index contributed by atoms with van der Waals surface area (Å²) in [6.45, 7) is 15.7. The highest BCUT2D eigenvalue weighted by Gasteiger charge is 2.38. The van der Waals surface area contributed by atoms with Crippen molar-refractivity contribution >= 4 is 65.0 Å². The molecule has 1 heterocycles. The Hall–Kier alpha value is -9.23. The van der Waals surface area contributed by atoms with E-state index in [1.165, 1.54) is 13.8 Å². The van der Waals surface area contributed by atoms with Crippen LogP contribution in [0.15, 0.2) is 121 Å². The molecule has 0 radical (unpaired) electrons. The van der Waals surface area contributed by atoms with Crippen molar-refractivity contribution in [3.63, 3.8) is 0 Å². The first kappa shape index (κ1) is 91.4. The van der Waals surface area contributed by atoms with Crippen molar-refractivity contribution in [2.75, 3.05) is 39.3 Å². The van der Waals surface area contributed by atoms with Gasteiger partial charge in [-0.2, -0.15) is 0 Å². The van der Waals surface area contributed by atoms with E-state index in [0.717, 1.165) is 41.5 Å². The molecular weight excluding hydrogens is 1400 g/mol. The smallest absolute Gasteiger partial charge is 0.245 e. The lowest BCUT2D eigenvalue weighted by molar-refractivity contribution is -0.137. The zero-order valence-electron chi connectivity index (χ0n) is 65.4. The summed E-state index contributed by atoms with van der Waals surface area (Å²) in [4.78, 5) is 161. The van der Waals surface area contributed by atoms with Crippen LogP contribution in [0.1, 0.15) is 161 Å². The van der Waals surface area contributed by atoms with Gasteiger partial charge in [-0.3, -0.25) is 52.7 Å². The zero-order valence-corrected chi connectivity index (χ0v) is 65.4. The van der Waals surface area contributed by atoms with Crippen molar-refractivity contribution in [3.8, 4) is 0 Å². The van der Waals surface area contributed by atoms with E-state index in [4.69, 9.17) is 5.73 Å². The lowest BCUT2D eigenvalue weighted by atomic mass is 9.99. The van der Waals surface area contributed by atoms with Crippen molar-refractivity contribution in [3.05, 3.63) is 144 Å². The third kappa shape index (κ3) is 34.8. The molecule has 1 saturated heterocycles. The van der Waals surface area contributed by atoms with Crippen molar-refractivity contribution in [1.82, 2.24) is 79.8 Å². The van der Waals surface area contributed by atoms with Gasteiger partial charge in [0.15, 0.2) is 0 Å². The molecule has 19 N–H and O–H groups in total. The van der Waals surface area contributed by atoms with Crippen molar-refractivity contribution < 1.29 is 63.0 Å². The van der Waals surface area contributed by atoms with E-state index in [2.05, 4.69) is 93.6 Å². The average molecular weight is 1530 g/mol. The molecule has 1 fully saturated rings. The van der Waals surface area contributed by atoms with Crippen LogP contribution < -0.4 is 85.5 Å². The van der Waals surface area contributed by atoms with Gasteiger partial charge >= 0.3 is 0 Å². The fourth-order valence-corrected chi connectivity index (χ4v) is 12.4. The molecule has 1 unspecified atom stereocenters. The highest BCUT2D eigenvalue weighted by Crippen LogP contribution is 2.16. The van der Waals surface area contributed by atoms with Crippen LogP contribution >= 0.6 is 0 Å². The lowest BCUT2D eigenvalue weighted by Gasteiger charge is -2.29. The fourth-order valence-electron chi connectivity index (χ4n) is 12.4. The molecule has 606 valence electrons. The molecule has 29 nitrogen and oxygen atoms in total. The van der Waals surface area contributed by atoms with Crippen LogP contribution in [0.4, 0.5) is 0 Å².